The smallest absolute Gasteiger partial charge is 0.340 e. The normalized spacial score (nSPS) is 13.5. The van der Waals surface area contributed by atoms with Crippen molar-refractivity contribution in [1.29, 1.82) is 0 Å². The molecule has 84 heavy (non-hydrogen) atoms. The molecule has 0 amide bonds. The maximum absolute atomic E-state index is 13.2. The lowest BCUT2D eigenvalue weighted by atomic mass is 9.76. The minimum atomic E-state index is -1.36. The van der Waals surface area contributed by atoms with Crippen LogP contribution in [0, 0.1) is 0 Å². The summed E-state index contributed by atoms with van der Waals surface area (Å²) in [4.78, 5) is 82.2. The highest BCUT2D eigenvalue weighted by molar-refractivity contribution is 6.33. The number of hydrogen-bond donors (Lipinski definition) is 9. The van der Waals surface area contributed by atoms with Gasteiger partial charge in [0.2, 0.25) is 0 Å². The van der Waals surface area contributed by atoms with Gasteiger partial charge in [-0.2, -0.15) is 0 Å². The third kappa shape index (κ3) is 13.3. The Labute approximate surface area is 488 Å². The first-order chi connectivity index (χ1) is 40.1. The Balaban J connectivity index is 0.000000186. The van der Waals surface area contributed by atoms with Crippen LogP contribution in [0.5, 0.6) is 46.0 Å². The van der Waals surface area contributed by atoms with Gasteiger partial charge in [-0.25, -0.2) is 9.59 Å². The number of phenols is 6. The first-order valence-corrected chi connectivity index (χ1v) is 27.1. The minimum absolute atomic E-state index is 0.00296. The third-order valence-electron chi connectivity index (χ3n) is 14.3. The van der Waals surface area contributed by atoms with Gasteiger partial charge in [-0.3, -0.25) is 24.0 Å². The van der Waals surface area contributed by atoms with E-state index in [0.717, 1.165) is 11.5 Å². The summed E-state index contributed by atoms with van der Waals surface area (Å²) in [5, 5.41) is 89.7. The van der Waals surface area contributed by atoms with Gasteiger partial charge in [0.1, 0.15) is 57.6 Å². The number of aromatic hydroxyl groups is 6. The van der Waals surface area contributed by atoms with E-state index in [1.165, 1.54) is 48.5 Å². The standard InChI is InChI=1S/C32H25ClO8.C22H22O8.C10H7ClO2/c33-25-15-21-17(14-27(25)36)9-11-23-30(21)40-28-16-26(35)18(5-1-2-6-19(34)10-12-29(37)38)13-24(28)32(23)22-8-4-3-7-20(22)31(39)41-32;23-14(9-10-20(26)27)6-2-1-5-13-11-17(19(25)12-18(13)24)21(28)15-7-3-4-8-16(15)22(29)30;11-8-5-7-6(4-10(8)13)2-1-3-9(7)12/h3-4,7-9,11,13-16,35-36H,1-2,5-6,10,12H2,(H,37,38);3-4,7-8,11-12,24-25H,1-2,5-6,9-10H2,(H,26,27)(H,29,30);1-5,12-13H. The van der Waals surface area contributed by atoms with Crippen LogP contribution in [0.1, 0.15) is 129 Å². The number of esters is 1. The fourth-order valence-corrected chi connectivity index (χ4v) is 10.4. The summed E-state index contributed by atoms with van der Waals surface area (Å²) < 4.78 is 12.6. The molecule has 0 saturated carbocycles. The van der Waals surface area contributed by atoms with Gasteiger partial charge in [-0.05, 0) is 121 Å². The van der Waals surface area contributed by atoms with Crippen LogP contribution in [0.3, 0.4) is 0 Å². The molecule has 1 atom stereocenters. The van der Waals surface area contributed by atoms with Gasteiger partial charge in [-0.1, -0.05) is 77.8 Å². The van der Waals surface area contributed by atoms with E-state index in [4.69, 9.17) is 42.9 Å². The van der Waals surface area contributed by atoms with E-state index in [9.17, 15) is 69.3 Å². The number of benzene rings is 8. The molecule has 0 fully saturated rings. The molecular weight excluding hydrogens is 1130 g/mol. The van der Waals surface area contributed by atoms with Crippen molar-refractivity contribution in [3.63, 3.8) is 0 Å². The number of fused-ring (bicyclic) bond motifs is 9. The fourth-order valence-electron chi connectivity index (χ4n) is 10.0. The van der Waals surface area contributed by atoms with Gasteiger partial charge in [0.05, 0.1) is 39.6 Å². The zero-order chi connectivity index (χ0) is 60.6. The molecule has 2 aliphatic rings. The van der Waals surface area contributed by atoms with Crippen LogP contribution in [-0.2, 0) is 42.4 Å². The van der Waals surface area contributed by atoms with Crippen LogP contribution in [0.2, 0.25) is 10.0 Å². The zero-order valence-electron chi connectivity index (χ0n) is 44.6. The molecule has 0 saturated heterocycles. The Bertz CT molecular complexity index is 3950. The number of carbonyl (C=O) groups is 7. The third-order valence-corrected chi connectivity index (χ3v) is 14.9. The van der Waals surface area contributed by atoms with Crippen LogP contribution < -0.4 is 4.74 Å². The number of Topliss-reactive ketones (excluding diaryl/α,β-unsaturated/α-hetero) is 2. The molecule has 9 N–H and O–H groups in total. The van der Waals surface area contributed by atoms with E-state index in [0.29, 0.717) is 99.6 Å². The molecule has 1 unspecified atom stereocenters. The van der Waals surface area contributed by atoms with Crippen molar-refractivity contribution in [2.75, 3.05) is 0 Å². The van der Waals surface area contributed by atoms with Crippen molar-refractivity contribution in [3.8, 4) is 46.0 Å². The number of aryl methyl sites for hydroxylation is 2. The molecule has 8 aromatic carbocycles. The molecule has 0 radical (unpaired) electrons. The van der Waals surface area contributed by atoms with Gasteiger partial charge in [0.15, 0.2) is 11.4 Å². The van der Waals surface area contributed by atoms with Gasteiger partial charge < -0.3 is 55.4 Å². The van der Waals surface area contributed by atoms with E-state index >= 15 is 0 Å². The summed E-state index contributed by atoms with van der Waals surface area (Å²) in [5.74, 6) is -4.61. The predicted octanol–water partition coefficient (Wildman–Crippen LogP) is 12.7. The monoisotopic (exact) mass is 1180 g/mol. The molecule has 0 aromatic heterocycles. The second-order valence-corrected chi connectivity index (χ2v) is 20.7. The maximum Gasteiger partial charge on any atom is 0.340 e. The molecular formula is C64H54Cl2O18. The van der Waals surface area contributed by atoms with Gasteiger partial charge in [-0.15, -0.1) is 0 Å². The summed E-state index contributed by atoms with van der Waals surface area (Å²) in [6, 6.07) is 33.3. The Morgan fingerprint density at radius 2 is 1.01 bits per heavy atom. The molecule has 2 heterocycles. The lowest BCUT2D eigenvalue weighted by Crippen LogP contribution is -2.33. The van der Waals surface area contributed by atoms with Crippen LogP contribution in [0.15, 0.2) is 127 Å². The van der Waals surface area contributed by atoms with Crippen molar-refractivity contribution >= 4 is 86.0 Å². The second-order valence-electron chi connectivity index (χ2n) is 19.9. The molecule has 1 spiro atoms. The molecule has 8 aromatic rings. The Hall–Kier alpha value is -9.65. The van der Waals surface area contributed by atoms with Crippen molar-refractivity contribution in [2.24, 2.45) is 0 Å². The van der Waals surface area contributed by atoms with Gasteiger partial charge in [0, 0.05) is 70.8 Å². The number of aromatic carboxylic acids is 1. The maximum atomic E-state index is 13.2. The van der Waals surface area contributed by atoms with Crippen molar-refractivity contribution < 1.29 is 89.0 Å². The largest absolute Gasteiger partial charge is 0.508 e. The van der Waals surface area contributed by atoms with Gasteiger partial charge >= 0.3 is 23.9 Å². The Morgan fingerprint density at radius 1 is 0.452 bits per heavy atom. The number of carboxylic acid groups (broad SMARTS) is 3. The highest BCUT2D eigenvalue weighted by Crippen LogP contribution is 2.59. The summed E-state index contributed by atoms with van der Waals surface area (Å²) in [6.45, 7) is 0. The lowest BCUT2D eigenvalue weighted by Gasteiger charge is -2.37. The number of unbranched alkanes of at least 4 members (excludes halogenated alkanes) is 2. The number of carbonyl (C=O) groups excluding carboxylic acids is 4. The van der Waals surface area contributed by atoms with Crippen LogP contribution in [0.25, 0.3) is 21.5 Å². The average Bonchev–Trinajstić information content (AvgIpc) is 1.55. The molecule has 432 valence electrons. The highest BCUT2D eigenvalue weighted by atomic mass is 35.5. The van der Waals surface area contributed by atoms with E-state index < -0.39 is 41.0 Å². The summed E-state index contributed by atoms with van der Waals surface area (Å²) >= 11 is 12.0. The number of carboxylic acids is 3. The van der Waals surface area contributed by atoms with E-state index in [2.05, 4.69) is 0 Å². The quantitative estimate of drug-likeness (QED) is 0.0206. The molecule has 10 rings (SSSR count). The summed E-state index contributed by atoms with van der Waals surface area (Å²) in [6.07, 6.45) is 2.91. The first-order valence-electron chi connectivity index (χ1n) is 26.4. The molecule has 0 aliphatic carbocycles. The van der Waals surface area contributed by atoms with E-state index in [1.54, 1.807) is 60.7 Å². The van der Waals surface area contributed by atoms with Crippen molar-refractivity contribution in [2.45, 2.75) is 82.7 Å². The number of phenolic OH excluding ortho intramolecular Hbond substituents is 6. The number of halogens is 2. The highest BCUT2D eigenvalue weighted by Gasteiger charge is 2.54. The van der Waals surface area contributed by atoms with E-state index in [-0.39, 0.29) is 106 Å². The zero-order valence-corrected chi connectivity index (χ0v) is 46.1. The van der Waals surface area contributed by atoms with Crippen LogP contribution >= 0.6 is 23.2 Å². The van der Waals surface area contributed by atoms with Crippen molar-refractivity contribution in [3.05, 3.63) is 188 Å². The number of aliphatic carboxylic acids is 2. The first kappa shape index (κ1) is 60.4. The van der Waals surface area contributed by atoms with Crippen LogP contribution in [0.4, 0.5) is 0 Å². The van der Waals surface area contributed by atoms with Gasteiger partial charge in [0.25, 0.3) is 0 Å². The second kappa shape index (κ2) is 26.1. The van der Waals surface area contributed by atoms with Crippen molar-refractivity contribution in [1.82, 2.24) is 0 Å². The molecule has 0 bridgehead atoms. The number of ether oxygens (including phenoxy) is 2. The molecule has 2 aliphatic heterocycles. The van der Waals surface area contributed by atoms with E-state index in [1.807, 2.05) is 12.1 Å². The molecule has 18 nitrogen and oxygen atoms in total. The SMILES string of the molecule is O=C(O)CCC(=O)CCCCc1cc(C(=O)c2ccccc2C(=O)O)c(O)cc1O.O=C(O)CCC(=O)CCCCc1cc2c(cc1O)Oc1c(ccc3cc(O)c(Cl)cc13)C21OC(=O)c2ccccc21.Oc1cc2cccc(O)c2cc1Cl. The predicted molar refractivity (Wildman–Crippen MR) is 308 cm³/mol. The number of rotatable bonds is 19. The number of hydrogen-bond acceptors (Lipinski definition) is 15. The Kier molecular flexibility index (Phi) is 18.8. The average molecular weight is 1180 g/mol. The molecule has 20 heteroatoms. The topological polar surface area (TPSA) is 320 Å². The fraction of sp³-hybridized carbons (Fsp3) is 0.203. The minimum Gasteiger partial charge on any atom is -0.508 e. The van der Waals surface area contributed by atoms with Crippen LogP contribution in [-0.4, -0.2) is 87.2 Å². The summed E-state index contributed by atoms with van der Waals surface area (Å²) in [5.41, 5.74) is 1.40. The number of ketones is 3. The Morgan fingerprint density at radius 3 is 1.63 bits per heavy atom. The lowest BCUT2D eigenvalue weighted by molar-refractivity contribution is -0.139. The summed E-state index contributed by atoms with van der Waals surface area (Å²) in [7, 11) is 0.